The van der Waals surface area contributed by atoms with E-state index >= 15 is 0 Å². The van der Waals surface area contributed by atoms with E-state index in [2.05, 4.69) is 10.2 Å². The van der Waals surface area contributed by atoms with Gasteiger partial charge >= 0.3 is 25.6 Å². The number of pyridine rings is 2. The molecule has 3 aromatic carbocycles. The van der Waals surface area contributed by atoms with Crippen LogP contribution in [-0.4, -0.2) is 82.8 Å². The number of benzene rings is 3. The third kappa shape index (κ3) is 10.2. The Morgan fingerprint density at radius 2 is 1.61 bits per heavy atom. The van der Waals surface area contributed by atoms with Gasteiger partial charge in [-0.2, -0.15) is 0 Å². The van der Waals surface area contributed by atoms with E-state index in [9.17, 15) is 23.7 Å². The van der Waals surface area contributed by atoms with Crippen molar-refractivity contribution in [2.75, 3.05) is 44.7 Å². The highest BCUT2D eigenvalue weighted by Gasteiger charge is 2.50. The number of rotatable bonds is 17. The van der Waals surface area contributed by atoms with E-state index in [-0.39, 0.29) is 56.4 Å². The predicted octanol–water partition coefficient (Wildman–Crippen LogP) is 10.4. The van der Waals surface area contributed by atoms with Gasteiger partial charge in [-0.25, -0.2) is 14.6 Å². The summed E-state index contributed by atoms with van der Waals surface area (Å²) in [5.74, 6) is -1.61. The van der Waals surface area contributed by atoms with Crippen LogP contribution < -0.4 is 15.6 Å². The number of nitrogens with zero attached hydrogens (tertiary/aromatic N) is 4. The molecule has 2 unspecified atom stereocenters. The largest absolute Gasteiger partial charge is 0.457 e. The number of nitrogens with one attached hydrogen (secondary N) is 1. The first-order valence-corrected chi connectivity index (χ1v) is 27.1. The maximum atomic E-state index is 14.4. The molecule has 2 saturated heterocycles. The summed E-state index contributed by atoms with van der Waals surface area (Å²) in [6, 6.07) is 23.2. The normalized spacial score (nSPS) is 18.6. The van der Waals surface area contributed by atoms with Gasteiger partial charge < -0.3 is 42.9 Å². The van der Waals surface area contributed by atoms with Crippen molar-refractivity contribution in [2.24, 2.45) is 0 Å². The summed E-state index contributed by atoms with van der Waals surface area (Å²) in [7, 11) is -3.60. The SMILES string of the molecule is CCOP(=O)(OCC)C(Nc1ccc(CCCC(=O)OC2(CC)C(=O)OCc3c2cc2n(c3=O)Cc3c-2nc2ccc(OC(=O)N4CCC(N5CCCCC5)CC4)cc2c3CC)cc1)c1ccc(C)cc1. The fourth-order valence-electron chi connectivity index (χ4n) is 10.9. The van der Waals surface area contributed by atoms with Crippen molar-refractivity contribution >= 4 is 42.2 Å². The number of amides is 1. The quantitative estimate of drug-likeness (QED) is 0.0678. The average Bonchev–Trinajstić information content (AvgIpc) is 3.75. The highest BCUT2D eigenvalue weighted by atomic mass is 31.2. The first kappa shape index (κ1) is 50.1. The minimum atomic E-state index is -3.60. The Morgan fingerprint density at radius 3 is 2.28 bits per heavy atom. The molecule has 0 aliphatic carbocycles. The average molecular weight is 988 g/mol. The molecule has 0 saturated carbocycles. The number of carbonyl (C=O) groups is 3. The number of anilines is 1. The lowest BCUT2D eigenvalue weighted by atomic mass is 9.85. The predicted molar refractivity (Wildman–Crippen MR) is 272 cm³/mol. The van der Waals surface area contributed by atoms with E-state index in [4.69, 9.17) is 28.2 Å². The Morgan fingerprint density at radius 1 is 0.887 bits per heavy atom. The summed E-state index contributed by atoms with van der Waals surface area (Å²) in [6.07, 6.45) is 7.00. The van der Waals surface area contributed by atoms with E-state index in [1.165, 1.54) is 19.3 Å². The minimum absolute atomic E-state index is 0.0143. The van der Waals surface area contributed by atoms with Gasteiger partial charge in [0.25, 0.3) is 5.56 Å². The van der Waals surface area contributed by atoms with Gasteiger partial charge in [-0.05, 0) is 138 Å². The van der Waals surface area contributed by atoms with Gasteiger partial charge in [0.1, 0.15) is 12.4 Å². The second-order valence-electron chi connectivity index (χ2n) is 19.1. The van der Waals surface area contributed by atoms with Gasteiger partial charge in [-0.15, -0.1) is 0 Å². The molecule has 15 nitrogen and oxygen atoms in total. The van der Waals surface area contributed by atoms with Crippen LogP contribution in [0.3, 0.4) is 0 Å². The third-order valence-electron chi connectivity index (χ3n) is 14.7. The highest BCUT2D eigenvalue weighted by molar-refractivity contribution is 7.54. The number of hydrogen-bond donors (Lipinski definition) is 1. The van der Waals surface area contributed by atoms with Gasteiger partial charge in [-0.3, -0.25) is 14.2 Å². The molecule has 4 aliphatic heterocycles. The number of likely N-dealkylation sites (tertiary alicyclic amines) is 2. The molecule has 2 fully saturated rings. The minimum Gasteiger partial charge on any atom is -0.457 e. The van der Waals surface area contributed by atoms with Crippen molar-refractivity contribution in [2.45, 2.75) is 129 Å². The molecule has 1 N–H and O–H groups in total. The number of cyclic esters (lactones) is 1. The van der Waals surface area contributed by atoms with Crippen molar-refractivity contribution in [3.05, 3.63) is 122 Å². The van der Waals surface area contributed by atoms with E-state index in [1.54, 1.807) is 42.4 Å². The van der Waals surface area contributed by atoms with Gasteiger partial charge in [0.05, 0.1) is 42.2 Å². The number of aryl methyl sites for hydroxylation is 3. The van der Waals surface area contributed by atoms with Crippen LogP contribution in [0.25, 0.3) is 22.3 Å². The van der Waals surface area contributed by atoms with Crippen LogP contribution in [0.4, 0.5) is 10.5 Å². The van der Waals surface area contributed by atoms with Gasteiger partial charge in [0.15, 0.2) is 5.78 Å². The number of hydrogen-bond acceptors (Lipinski definition) is 13. The summed E-state index contributed by atoms with van der Waals surface area (Å²) in [4.78, 5) is 64.8. The van der Waals surface area contributed by atoms with Gasteiger partial charge in [-0.1, -0.05) is 62.2 Å². The zero-order chi connectivity index (χ0) is 49.9. The standard InChI is InChI=1S/C55H66N5O10P/c1-6-42-43-32-41(69-54(64)59-30-26-40(27-31-59)58-28-11-10-12-29-58)24-25-47(43)57-50-44(42)34-60-48(50)33-46-45(52(60)62)35-66-53(63)55(46,7-2)70-49(61)15-13-14-37-18-22-39(23-19-37)56-51(38-20-16-36(5)17-21-38)71(65,67-8-3)68-9-4/h16-25,32-33,40,51,56H,6-15,26-31,34-35H2,1-5H3. The molecule has 4 aliphatic rings. The van der Waals surface area contributed by atoms with E-state index in [0.29, 0.717) is 66.6 Å². The van der Waals surface area contributed by atoms with Crippen molar-refractivity contribution in [3.8, 4) is 17.1 Å². The molecule has 6 heterocycles. The number of aromatic nitrogens is 2. The maximum absolute atomic E-state index is 14.4. The fraction of sp³-hybridized carbons (Fsp3) is 0.473. The highest BCUT2D eigenvalue weighted by Crippen LogP contribution is 2.61. The van der Waals surface area contributed by atoms with E-state index < -0.39 is 30.9 Å². The van der Waals surface area contributed by atoms with Crippen LogP contribution >= 0.6 is 7.60 Å². The second kappa shape index (κ2) is 21.5. The van der Waals surface area contributed by atoms with E-state index in [0.717, 1.165) is 64.8 Å². The zero-order valence-corrected chi connectivity index (χ0v) is 42.5. The van der Waals surface area contributed by atoms with Crippen molar-refractivity contribution in [1.82, 2.24) is 19.4 Å². The van der Waals surface area contributed by atoms with Crippen molar-refractivity contribution in [3.63, 3.8) is 0 Å². The fourth-order valence-corrected chi connectivity index (χ4v) is 12.8. The summed E-state index contributed by atoms with van der Waals surface area (Å²) in [5, 5.41) is 4.22. The Kier molecular flexibility index (Phi) is 15.1. The molecule has 71 heavy (non-hydrogen) atoms. The van der Waals surface area contributed by atoms with Crippen molar-refractivity contribution < 1.29 is 42.2 Å². The van der Waals surface area contributed by atoms with Crippen LogP contribution in [0.15, 0.2) is 77.6 Å². The lowest BCUT2D eigenvalue weighted by Gasteiger charge is -2.39. The second-order valence-corrected chi connectivity index (χ2v) is 21.2. The topological polar surface area (TPSA) is 168 Å². The number of ether oxygens (including phenoxy) is 3. The number of esters is 2. The monoisotopic (exact) mass is 987 g/mol. The molecular formula is C55H66N5O10P. The molecule has 9 rings (SSSR count). The van der Waals surface area contributed by atoms with Gasteiger partial charge in [0.2, 0.25) is 5.60 Å². The van der Waals surface area contributed by atoms with Crippen LogP contribution in [0, 0.1) is 6.92 Å². The first-order valence-electron chi connectivity index (χ1n) is 25.5. The number of piperidine rings is 2. The summed E-state index contributed by atoms with van der Waals surface area (Å²) in [6.45, 7) is 13.4. The number of carbonyl (C=O) groups excluding carboxylic acids is 3. The molecule has 0 radical (unpaired) electrons. The molecule has 1 amide bonds. The summed E-state index contributed by atoms with van der Waals surface area (Å²) in [5.41, 5.74) is 5.67. The molecule has 16 heteroatoms. The van der Waals surface area contributed by atoms with Crippen LogP contribution in [0.5, 0.6) is 5.75 Å². The maximum Gasteiger partial charge on any atom is 0.415 e. The van der Waals surface area contributed by atoms with Gasteiger partial charge in [0, 0.05) is 47.8 Å². The van der Waals surface area contributed by atoms with Crippen LogP contribution in [0.1, 0.15) is 124 Å². The smallest absolute Gasteiger partial charge is 0.415 e. The number of fused-ring (bicyclic) bond motifs is 5. The molecule has 0 bridgehead atoms. The Balaban J connectivity index is 0.883. The van der Waals surface area contributed by atoms with E-state index in [1.807, 2.05) is 74.5 Å². The summed E-state index contributed by atoms with van der Waals surface area (Å²) >= 11 is 0. The lowest BCUT2D eigenvalue weighted by molar-refractivity contribution is -0.189. The Hall–Kier alpha value is -5.86. The Labute approximate surface area is 415 Å². The Bertz CT molecular complexity index is 2880. The molecule has 376 valence electrons. The zero-order valence-electron chi connectivity index (χ0n) is 41.6. The summed E-state index contributed by atoms with van der Waals surface area (Å²) < 4.78 is 44.9. The molecular weight excluding hydrogens is 922 g/mol. The first-order chi connectivity index (χ1) is 34.4. The molecule has 0 spiro atoms. The molecule has 2 aromatic heterocycles. The van der Waals surface area contributed by atoms with Crippen LogP contribution in [-0.2, 0) is 64.3 Å². The third-order valence-corrected chi connectivity index (χ3v) is 16.9. The van der Waals surface area contributed by atoms with Crippen molar-refractivity contribution in [1.29, 1.82) is 0 Å². The lowest BCUT2D eigenvalue weighted by Crippen LogP contribution is -2.48. The molecule has 5 aromatic rings. The van der Waals surface area contributed by atoms with Crippen LogP contribution in [0.2, 0.25) is 0 Å². The molecule has 2 atom stereocenters.